The second kappa shape index (κ2) is 4.44. The Morgan fingerprint density at radius 2 is 1.78 bits per heavy atom. The first kappa shape index (κ1) is 12.0. The van der Waals surface area contributed by atoms with Crippen LogP contribution in [0.1, 0.15) is 22.8 Å². The number of rotatable bonds is 2. The van der Waals surface area contributed by atoms with Crippen molar-refractivity contribution in [3.05, 3.63) is 41.0 Å². The number of hydrogen-bond acceptors (Lipinski definition) is 5. The van der Waals surface area contributed by atoms with Crippen LogP contribution < -0.4 is 0 Å². The van der Waals surface area contributed by atoms with Gasteiger partial charge in [-0.05, 0) is 6.92 Å². The maximum absolute atomic E-state index is 11.8. The summed E-state index contributed by atoms with van der Waals surface area (Å²) < 4.78 is 4.66. The highest BCUT2D eigenvalue weighted by Crippen LogP contribution is 2.28. The monoisotopic (exact) mass is 246 g/mol. The first-order valence-electron chi connectivity index (χ1n) is 5.36. The van der Waals surface area contributed by atoms with E-state index >= 15 is 0 Å². The number of carbonyl (C=O) groups is 3. The summed E-state index contributed by atoms with van der Waals surface area (Å²) in [5.74, 6) is -3.34. The van der Waals surface area contributed by atoms with Crippen molar-refractivity contribution in [1.29, 1.82) is 0 Å². The third-order valence-electron chi connectivity index (χ3n) is 2.58. The zero-order chi connectivity index (χ0) is 13.3. The molecule has 0 aromatic heterocycles. The molecule has 0 radical (unpaired) electrons. The highest BCUT2D eigenvalue weighted by molar-refractivity contribution is 6.56. The molecule has 1 aromatic rings. The van der Waals surface area contributed by atoms with Gasteiger partial charge in [0.05, 0.1) is 6.61 Å². The van der Waals surface area contributed by atoms with Crippen molar-refractivity contribution in [3.63, 3.8) is 0 Å². The molecule has 0 saturated heterocycles. The van der Waals surface area contributed by atoms with Gasteiger partial charge in [0.1, 0.15) is 5.76 Å². The molecule has 0 aliphatic heterocycles. The van der Waals surface area contributed by atoms with Gasteiger partial charge in [-0.15, -0.1) is 0 Å². The van der Waals surface area contributed by atoms with Crippen LogP contribution in [0.5, 0.6) is 0 Å². The van der Waals surface area contributed by atoms with Crippen LogP contribution in [0.25, 0.3) is 5.76 Å². The van der Waals surface area contributed by atoms with E-state index in [9.17, 15) is 19.5 Å². The topological polar surface area (TPSA) is 80.7 Å². The van der Waals surface area contributed by atoms with E-state index in [0.29, 0.717) is 0 Å². The fourth-order valence-corrected chi connectivity index (χ4v) is 1.76. The number of carbonyl (C=O) groups excluding carboxylic acids is 3. The van der Waals surface area contributed by atoms with Gasteiger partial charge in [-0.2, -0.15) is 0 Å². The normalized spacial score (nSPS) is 14.5. The molecule has 0 heterocycles. The summed E-state index contributed by atoms with van der Waals surface area (Å²) in [7, 11) is 0. The standard InChI is InChI=1S/C13H10O5/c1-2-18-13(17)9-10(14)7-5-3-4-6-8(7)11(15)12(9)16/h3-6,14H,2H2,1H3. The number of aliphatic hydroxyl groups excluding tert-OH is 1. The Labute approximate surface area is 103 Å². The Morgan fingerprint density at radius 3 is 2.39 bits per heavy atom. The van der Waals surface area contributed by atoms with Gasteiger partial charge in [0.2, 0.25) is 11.6 Å². The first-order chi connectivity index (χ1) is 8.57. The summed E-state index contributed by atoms with van der Waals surface area (Å²) in [4.78, 5) is 35.1. The van der Waals surface area contributed by atoms with E-state index < -0.39 is 28.9 Å². The Hall–Kier alpha value is -2.43. The van der Waals surface area contributed by atoms with E-state index in [4.69, 9.17) is 0 Å². The van der Waals surface area contributed by atoms with E-state index in [-0.39, 0.29) is 17.7 Å². The van der Waals surface area contributed by atoms with Gasteiger partial charge in [0, 0.05) is 11.1 Å². The van der Waals surface area contributed by atoms with Crippen LogP contribution >= 0.6 is 0 Å². The first-order valence-corrected chi connectivity index (χ1v) is 5.36. The van der Waals surface area contributed by atoms with Crippen molar-refractivity contribution in [2.75, 3.05) is 6.61 Å². The Morgan fingerprint density at radius 1 is 1.17 bits per heavy atom. The van der Waals surface area contributed by atoms with Crippen LogP contribution in [-0.2, 0) is 14.3 Å². The van der Waals surface area contributed by atoms with Crippen molar-refractivity contribution in [3.8, 4) is 0 Å². The zero-order valence-electron chi connectivity index (χ0n) is 9.60. The number of hydrogen-bond donors (Lipinski definition) is 1. The number of ether oxygens (including phenoxy) is 1. The smallest absolute Gasteiger partial charge is 0.346 e. The van der Waals surface area contributed by atoms with Gasteiger partial charge >= 0.3 is 5.97 Å². The van der Waals surface area contributed by atoms with Gasteiger partial charge in [-0.1, -0.05) is 24.3 Å². The van der Waals surface area contributed by atoms with Crippen LogP contribution in [0, 0.1) is 0 Å². The van der Waals surface area contributed by atoms with Crippen molar-refractivity contribution in [2.24, 2.45) is 0 Å². The molecule has 0 unspecified atom stereocenters. The number of Topliss-reactive ketones (excluding diaryl/α,β-unsaturated/α-hetero) is 2. The molecule has 0 fully saturated rings. The highest BCUT2D eigenvalue weighted by atomic mass is 16.5. The lowest BCUT2D eigenvalue weighted by Gasteiger charge is -2.16. The summed E-state index contributed by atoms with van der Waals surface area (Å²) in [6.07, 6.45) is 0. The molecule has 92 valence electrons. The van der Waals surface area contributed by atoms with Crippen LogP contribution in [0.3, 0.4) is 0 Å². The quantitative estimate of drug-likeness (QED) is 0.483. The summed E-state index contributed by atoms with van der Waals surface area (Å²) in [5.41, 5.74) is -0.334. The number of benzene rings is 1. The predicted octanol–water partition coefficient (Wildman–Crippen LogP) is 1.28. The molecule has 1 aliphatic carbocycles. The van der Waals surface area contributed by atoms with E-state index in [1.165, 1.54) is 12.1 Å². The van der Waals surface area contributed by atoms with Crippen molar-refractivity contribution in [2.45, 2.75) is 6.92 Å². The number of ketones is 2. The van der Waals surface area contributed by atoms with Crippen molar-refractivity contribution < 1.29 is 24.2 Å². The number of fused-ring (bicyclic) bond motifs is 1. The minimum absolute atomic E-state index is 0.0543. The largest absolute Gasteiger partial charge is 0.506 e. The second-order valence-electron chi connectivity index (χ2n) is 3.65. The van der Waals surface area contributed by atoms with E-state index in [1.54, 1.807) is 19.1 Å². The molecule has 1 aliphatic rings. The molecule has 1 aromatic carbocycles. The molecule has 5 nitrogen and oxygen atoms in total. The minimum atomic E-state index is -1.04. The van der Waals surface area contributed by atoms with Crippen LogP contribution in [-0.4, -0.2) is 29.2 Å². The molecule has 5 heteroatoms. The summed E-state index contributed by atoms with van der Waals surface area (Å²) in [6, 6.07) is 6.06. The maximum atomic E-state index is 11.8. The number of esters is 1. The third kappa shape index (κ3) is 1.69. The summed E-state index contributed by atoms with van der Waals surface area (Å²) in [5, 5.41) is 9.91. The minimum Gasteiger partial charge on any atom is -0.506 e. The molecule has 0 saturated carbocycles. The zero-order valence-corrected chi connectivity index (χ0v) is 9.60. The highest BCUT2D eigenvalue weighted by Gasteiger charge is 2.37. The SMILES string of the molecule is CCOC(=O)C1=C(O)c2ccccc2C(=O)C1=O. The molecule has 2 rings (SSSR count). The van der Waals surface area contributed by atoms with Gasteiger partial charge in [-0.3, -0.25) is 9.59 Å². The van der Waals surface area contributed by atoms with Crippen LogP contribution in [0.15, 0.2) is 29.8 Å². The van der Waals surface area contributed by atoms with Crippen molar-refractivity contribution >= 4 is 23.3 Å². The van der Waals surface area contributed by atoms with Gasteiger partial charge in [-0.25, -0.2) is 4.79 Å². The van der Waals surface area contributed by atoms with E-state index in [0.717, 1.165) is 0 Å². The van der Waals surface area contributed by atoms with E-state index in [1.807, 2.05) is 0 Å². The Kier molecular flexibility index (Phi) is 2.97. The molecule has 1 N–H and O–H groups in total. The molecular weight excluding hydrogens is 236 g/mol. The summed E-state index contributed by atoms with van der Waals surface area (Å²) in [6.45, 7) is 1.62. The molecule has 0 bridgehead atoms. The Bertz CT molecular complexity index is 583. The molecular formula is C13H10O5. The van der Waals surface area contributed by atoms with Gasteiger partial charge in [0.15, 0.2) is 5.57 Å². The second-order valence-corrected chi connectivity index (χ2v) is 3.65. The molecule has 0 amide bonds. The van der Waals surface area contributed by atoms with E-state index in [2.05, 4.69) is 4.74 Å². The lowest BCUT2D eigenvalue weighted by atomic mass is 9.88. The molecule has 18 heavy (non-hydrogen) atoms. The third-order valence-corrected chi connectivity index (χ3v) is 2.58. The maximum Gasteiger partial charge on any atom is 0.346 e. The van der Waals surface area contributed by atoms with Crippen LogP contribution in [0.2, 0.25) is 0 Å². The van der Waals surface area contributed by atoms with Crippen LogP contribution in [0.4, 0.5) is 0 Å². The lowest BCUT2D eigenvalue weighted by molar-refractivity contribution is -0.139. The van der Waals surface area contributed by atoms with Gasteiger partial charge in [0.25, 0.3) is 0 Å². The fourth-order valence-electron chi connectivity index (χ4n) is 1.76. The summed E-state index contributed by atoms with van der Waals surface area (Å²) >= 11 is 0. The fraction of sp³-hybridized carbons (Fsp3) is 0.154. The van der Waals surface area contributed by atoms with Gasteiger partial charge < -0.3 is 9.84 Å². The van der Waals surface area contributed by atoms with Crippen molar-refractivity contribution in [1.82, 2.24) is 0 Å². The molecule has 0 atom stereocenters. The average Bonchev–Trinajstić information content (AvgIpc) is 2.37. The Balaban J connectivity index is 2.62. The molecule has 0 spiro atoms. The number of aliphatic hydroxyl groups is 1. The lowest BCUT2D eigenvalue weighted by Crippen LogP contribution is -2.29. The average molecular weight is 246 g/mol. The predicted molar refractivity (Wildman–Crippen MR) is 62.0 cm³/mol.